The van der Waals surface area contributed by atoms with Crippen molar-refractivity contribution >= 4 is 22.5 Å². The Morgan fingerprint density at radius 3 is 2.59 bits per heavy atom. The highest BCUT2D eigenvalue weighted by Gasteiger charge is 2.35. The molecule has 4 rings (SSSR count). The molecule has 0 unspecified atom stereocenters. The van der Waals surface area contributed by atoms with E-state index in [1.165, 1.54) is 12.3 Å². The molecule has 2 aliphatic heterocycles. The molecule has 3 heterocycles. The second kappa shape index (κ2) is 7.78. The Balaban J connectivity index is 1.47. The summed E-state index contributed by atoms with van der Waals surface area (Å²) in [5, 5.41) is 6.13. The summed E-state index contributed by atoms with van der Waals surface area (Å²) in [7, 11) is 0. The van der Waals surface area contributed by atoms with Gasteiger partial charge in [0.1, 0.15) is 6.17 Å². The van der Waals surface area contributed by atoms with Gasteiger partial charge < -0.3 is 15.5 Å². The second-order valence-corrected chi connectivity index (χ2v) is 7.58. The van der Waals surface area contributed by atoms with Crippen LogP contribution in [0.3, 0.4) is 0 Å². The zero-order chi connectivity index (χ0) is 20.6. The number of pyridine rings is 1. The van der Waals surface area contributed by atoms with Crippen molar-refractivity contribution in [2.75, 3.05) is 31.1 Å². The largest absolute Gasteiger partial charge is 0.418 e. The summed E-state index contributed by atoms with van der Waals surface area (Å²) in [6.07, 6.45) is -3.07. The van der Waals surface area contributed by atoms with E-state index < -0.39 is 24.0 Å². The number of fused-ring (bicyclic) bond motifs is 1. The van der Waals surface area contributed by atoms with Crippen LogP contribution in [0.25, 0.3) is 10.9 Å². The first-order chi connectivity index (χ1) is 13.8. The predicted octanol–water partition coefficient (Wildman–Crippen LogP) is 2.90. The normalized spacial score (nSPS) is 23.5. The Morgan fingerprint density at radius 1 is 1.17 bits per heavy atom. The average molecular weight is 410 g/mol. The second-order valence-electron chi connectivity index (χ2n) is 7.58. The Morgan fingerprint density at radius 2 is 1.93 bits per heavy atom. The van der Waals surface area contributed by atoms with Gasteiger partial charge in [-0.05, 0) is 37.1 Å². The summed E-state index contributed by atoms with van der Waals surface area (Å²) in [6.45, 7) is 1.75. The molecule has 156 valence electrons. The van der Waals surface area contributed by atoms with Gasteiger partial charge in [0.2, 0.25) is 5.91 Å². The van der Waals surface area contributed by atoms with Gasteiger partial charge in [0.25, 0.3) is 0 Å². The Labute approximate surface area is 165 Å². The minimum atomic E-state index is -4.47. The third-order valence-electron chi connectivity index (χ3n) is 5.73. The van der Waals surface area contributed by atoms with Crippen LogP contribution >= 0.6 is 0 Å². The first-order valence-corrected chi connectivity index (χ1v) is 9.69. The van der Waals surface area contributed by atoms with E-state index >= 15 is 0 Å². The number of benzene rings is 1. The van der Waals surface area contributed by atoms with E-state index in [-0.39, 0.29) is 23.9 Å². The molecule has 0 bridgehead atoms. The van der Waals surface area contributed by atoms with Gasteiger partial charge in [0.15, 0.2) is 0 Å². The van der Waals surface area contributed by atoms with Crippen LogP contribution in [-0.2, 0) is 11.0 Å². The van der Waals surface area contributed by atoms with Gasteiger partial charge in [-0.3, -0.25) is 9.78 Å². The number of halogens is 4. The number of hydrogen-bond donors (Lipinski definition) is 2. The smallest absolute Gasteiger partial charge is 0.371 e. The molecule has 5 nitrogen and oxygen atoms in total. The predicted molar refractivity (Wildman–Crippen MR) is 101 cm³/mol. The van der Waals surface area contributed by atoms with Crippen LogP contribution in [0.1, 0.15) is 18.4 Å². The Hall–Kier alpha value is -2.42. The van der Waals surface area contributed by atoms with E-state index in [2.05, 4.69) is 15.6 Å². The average Bonchev–Trinajstić information content (AvgIpc) is 3.11. The van der Waals surface area contributed by atoms with Gasteiger partial charge in [0, 0.05) is 49.4 Å². The maximum atomic E-state index is 13.7. The lowest BCUT2D eigenvalue weighted by Gasteiger charge is -2.34. The van der Waals surface area contributed by atoms with E-state index in [1.807, 2.05) is 4.90 Å². The molecule has 2 aliphatic rings. The lowest BCUT2D eigenvalue weighted by molar-refractivity contribution is -0.136. The van der Waals surface area contributed by atoms with Crippen LogP contribution < -0.4 is 15.5 Å². The van der Waals surface area contributed by atoms with Crippen LogP contribution in [0.4, 0.5) is 23.2 Å². The van der Waals surface area contributed by atoms with Crippen LogP contribution in [-0.4, -0.2) is 49.3 Å². The topological polar surface area (TPSA) is 57.3 Å². The SMILES string of the molecule is O=C(N[C@@H]1CNC[C@@H]1F)C1CCN(c2ccc(C(F)(F)F)c3ncccc23)CC1. The highest BCUT2D eigenvalue weighted by Crippen LogP contribution is 2.38. The number of aromatic nitrogens is 1. The fourth-order valence-electron chi connectivity index (χ4n) is 4.13. The Kier molecular flexibility index (Phi) is 5.33. The zero-order valence-electron chi connectivity index (χ0n) is 15.7. The molecule has 0 spiro atoms. The maximum absolute atomic E-state index is 13.7. The van der Waals surface area contributed by atoms with Crippen LogP contribution in [0.5, 0.6) is 0 Å². The molecule has 1 aromatic carbocycles. The number of rotatable bonds is 3. The summed E-state index contributed by atoms with van der Waals surface area (Å²) in [4.78, 5) is 18.4. The third kappa shape index (κ3) is 4.01. The molecule has 0 radical (unpaired) electrons. The van der Waals surface area contributed by atoms with Crippen molar-refractivity contribution in [3.8, 4) is 0 Å². The fourth-order valence-corrected chi connectivity index (χ4v) is 4.13. The van der Waals surface area contributed by atoms with Gasteiger partial charge in [-0.1, -0.05) is 0 Å². The molecule has 2 aromatic rings. The number of alkyl halides is 4. The molecule has 2 atom stereocenters. The molecular formula is C20H22F4N4O. The minimum Gasteiger partial charge on any atom is -0.371 e. The molecule has 0 saturated carbocycles. The van der Waals surface area contributed by atoms with Crippen molar-refractivity contribution in [2.45, 2.75) is 31.2 Å². The fraction of sp³-hybridized carbons (Fsp3) is 0.500. The van der Waals surface area contributed by atoms with Crippen molar-refractivity contribution in [1.29, 1.82) is 0 Å². The standard InChI is InChI=1S/C20H22F4N4O/c21-15-10-25-11-16(15)27-19(29)12-5-8-28(9-6-12)17-4-3-14(20(22,23)24)18-13(17)2-1-7-26-18/h1-4,7,12,15-16,25H,5-6,8-11H2,(H,27,29)/t15-,16+/m0/s1. The van der Waals surface area contributed by atoms with Crippen molar-refractivity contribution < 1.29 is 22.4 Å². The molecule has 29 heavy (non-hydrogen) atoms. The van der Waals surface area contributed by atoms with Gasteiger partial charge >= 0.3 is 6.18 Å². The van der Waals surface area contributed by atoms with E-state index in [1.54, 1.807) is 12.1 Å². The van der Waals surface area contributed by atoms with E-state index in [0.717, 1.165) is 6.07 Å². The minimum absolute atomic E-state index is 0.0694. The van der Waals surface area contributed by atoms with Crippen LogP contribution in [0, 0.1) is 5.92 Å². The van der Waals surface area contributed by atoms with Crippen molar-refractivity contribution in [3.05, 3.63) is 36.0 Å². The van der Waals surface area contributed by atoms with Gasteiger partial charge in [-0.2, -0.15) is 13.2 Å². The molecule has 0 aliphatic carbocycles. The molecule has 2 fully saturated rings. The number of anilines is 1. The van der Waals surface area contributed by atoms with Gasteiger partial charge in [-0.15, -0.1) is 0 Å². The maximum Gasteiger partial charge on any atom is 0.418 e. The molecule has 2 N–H and O–H groups in total. The lowest BCUT2D eigenvalue weighted by Crippen LogP contribution is -2.47. The summed E-state index contributed by atoms with van der Waals surface area (Å²) in [5.41, 5.74) is -0.138. The first kappa shape index (κ1) is 19.9. The quantitative estimate of drug-likeness (QED) is 0.765. The van der Waals surface area contributed by atoms with Crippen LogP contribution in [0.2, 0.25) is 0 Å². The van der Waals surface area contributed by atoms with Crippen LogP contribution in [0.15, 0.2) is 30.5 Å². The highest BCUT2D eigenvalue weighted by molar-refractivity contribution is 5.94. The van der Waals surface area contributed by atoms with Crippen molar-refractivity contribution in [3.63, 3.8) is 0 Å². The summed E-state index contributed by atoms with van der Waals surface area (Å²) >= 11 is 0. The number of nitrogens with one attached hydrogen (secondary N) is 2. The number of nitrogens with zero attached hydrogens (tertiary/aromatic N) is 2. The number of hydrogen-bond acceptors (Lipinski definition) is 4. The monoisotopic (exact) mass is 410 g/mol. The third-order valence-corrected chi connectivity index (χ3v) is 5.73. The summed E-state index contributed by atoms with van der Waals surface area (Å²) < 4.78 is 53.6. The number of amides is 1. The number of carbonyl (C=O) groups excluding carboxylic acids is 1. The van der Waals surface area contributed by atoms with E-state index in [4.69, 9.17) is 0 Å². The van der Waals surface area contributed by atoms with Gasteiger partial charge in [-0.25, -0.2) is 4.39 Å². The summed E-state index contributed by atoms with van der Waals surface area (Å²) in [5.74, 6) is -0.377. The zero-order valence-corrected chi connectivity index (χ0v) is 15.7. The van der Waals surface area contributed by atoms with E-state index in [0.29, 0.717) is 43.5 Å². The highest BCUT2D eigenvalue weighted by atomic mass is 19.4. The lowest BCUT2D eigenvalue weighted by atomic mass is 9.94. The number of piperidine rings is 1. The van der Waals surface area contributed by atoms with Crippen molar-refractivity contribution in [2.24, 2.45) is 5.92 Å². The summed E-state index contributed by atoms with van der Waals surface area (Å²) in [6, 6.07) is 5.31. The van der Waals surface area contributed by atoms with Crippen molar-refractivity contribution in [1.82, 2.24) is 15.6 Å². The molecular weight excluding hydrogens is 388 g/mol. The van der Waals surface area contributed by atoms with Gasteiger partial charge in [0.05, 0.1) is 17.1 Å². The first-order valence-electron chi connectivity index (χ1n) is 9.69. The molecule has 1 amide bonds. The molecule has 1 aromatic heterocycles. The van der Waals surface area contributed by atoms with E-state index in [9.17, 15) is 22.4 Å². The molecule has 2 saturated heterocycles. The number of carbonyl (C=O) groups is 1. The Bertz CT molecular complexity index is 896. The molecule has 9 heteroatoms.